The van der Waals surface area contributed by atoms with Gasteiger partial charge >= 0.3 is 5.97 Å². The molecule has 3 fully saturated rings. The van der Waals surface area contributed by atoms with Crippen LogP contribution in [0.4, 0.5) is 0 Å². The minimum absolute atomic E-state index is 0.0469. The van der Waals surface area contributed by atoms with E-state index in [1.54, 1.807) is 0 Å². The SMILES string of the molecule is CCOC(=O)C12C(C(C)C)=CC3CC1(C=O)[C@@H]1CC[C@@H](C)[C@H]1CC32CO. The molecule has 4 unspecified atom stereocenters. The standard InChI is InChI=1S/C22H32O4/c1-5-26-19(25)22-18(13(2)3)8-15-9-21(22,12-24)17-7-6-14(4)16(17)10-20(15,22)11-23/h8,12-17,23H,5-7,9-11H2,1-4H3/t14-,15?,16-,17-,20?,21?,22?/m1/s1. The second kappa shape index (κ2) is 5.67. The van der Waals surface area contributed by atoms with Crippen molar-refractivity contribution in [2.75, 3.05) is 13.2 Å². The number of aliphatic hydroxyl groups excluding tert-OH is 1. The first kappa shape index (κ1) is 18.2. The van der Waals surface area contributed by atoms with Gasteiger partial charge in [-0.2, -0.15) is 0 Å². The number of hydrogen-bond donors (Lipinski definition) is 1. The highest BCUT2D eigenvalue weighted by molar-refractivity contribution is 5.91. The Morgan fingerprint density at radius 3 is 2.69 bits per heavy atom. The Balaban J connectivity index is 2.01. The molecule has 0 aromatic rings. The highest BCUT2D eigenvalue weighted by Crippen LogP contribution is 2.82. The van der Waals surface area contributed by atoms with Crippen LogP contribution in [0.25, 0.3) is 0 Å². The van der Waals surface area contributed by atoms with Gasteiger partial charge in [-0.1, -0.05) is 38.8 Å². The molecule has 4 bridgehead atoms. The molecule has 144 valence electrons. The van der Waals surface area contributed by atoms with E-state index in [2.05, 4.69) is 26.8 Å². The average molecular weight is 360 g/mol. The number of esters is 1. The van der Waals surface area contributed by atoms with E-state index in [1.165, 1.54) is 0 Å². The number of aliphatic hydroxyl groups is 1. The molecule has 0 aromatic carbocycles. The first-order valence-corrected chi connectivity index (χ1v) is 10.3. The number of rotatable bonds is 5. The molecule has 26 heavy (non-hydrogen) atoms. The van der Waals surface area contributed by atoms with Crippen molar-refractivity contribution in [1.29, 1.82) is 0 Å². The van der Waals surface area contributed by atoms with Crippen molar-refractivity contribution in [3.8, 4) is 0 Å². The van der Waals surface area contributed by atoms with E-state index in [1.807, 2.05) is 6.92 Å². The minimum atomic E-state index is -0.976. The molecule has 0 aromatic heterocycles. The lowest BCUT2D eigenvalue weighted by Gasteiger charge is -2.58. The summed E-state index contributed by atoms with van der Waals surface area (Å²) in [6.45, 7) is 8.55. The van der Waals surface area contributed by atoms with Crippen molar-refractivity contribution in [3.05, 3.63) is 11.6 Å². The third-order valence-electron chi connectivity index (χ3n) is 8.66. The molecule has 0 spiro atoms. The second-order valence-electron chi connectivity index (χ2n) is 9.56. The lowest BCUT2D eigenvalue weighted by Crippen LogP contribution is -2.63. The summed E-state index contributed by atoms with van der Waals surface area (Å²) in [5, 5.41) is 10.7. The van der Waals surface area contributed by atoms with Gasteiger partial charge in [0, 0.05) is 5.41 Å². The topological polar surface area (TPSA) is 63.6 Å². The molecule has 0 amide bonds. The molecular weight excluding hydrogens is 328 g/mol. The van der Waals surface area contributed by atoms with Crippen molar-refractivity contribution in [1.82, 2.24) is 0 Å². The van der Waals surface area contributed by atoms with Gasteiger partial charge in [0.1, 0.15) is 11.7 Å². The van der Waals surface area contributed by atoms with Crippen molar-refractivity contribution < 1.29 is 19.4 Å². The zero-order valence-corrected chi connectivity index (χ0v) is 16.5. The summed E-state index contributed by atoms with van der Waals surface area (Å²) in [6, 6.07) is 0. The maximum absolute atomic E-state index is 13.6. The van der Waals surface area contributed by atoms with Crippen LogP contribution in [0.15, 0.2) is 11.6 Å². The van der Waals surface area contributed by atoms with E-state index in [9.17, 15) is 14.7 Å². The molecule has 0 aliphatic heterocycles. The number of carbonyl (C=O) groups excluding carboxylic acids is 2. The average Bonchev–Trinajstić information content (AvgIpc) is 3.18. The van der Waals surface area contributed by atoms with E-state index in [0.717, 1.165) is 31.1 Å². The highest BCUT2D eigenvalue weighted by atomic mass is 16.5. The summed E-state index contributed by atoms with van der Waals surface area (Å²) < 4.78 is 5.64. The second-order valence-corrected chi connectivity index (χ2v) is 9.56. The fourth-order valence-electron chi connectivity index (χ4n) is 7.88. The summed E-state index contributed by atoms with van der Waals surface area (Å²) >= 11 is 0. The number of aldehydes is 1. The fourth-order valence-corrected chi connectivity index (χ4v) is 7.88. The van der Waals surface area contributed by atoms with Crippen LogP contribution in [0, 0.1) is 45.8 Å². The van der Waals surface area contributed by atoms with Crippen molar-refractivity contribution in [3.63, 3.8) is 0 Å². The molecule has 4 aliphatic rings. The van der Waals surface area contributed by atoms with Crippen LogP contribution in [0.2, 0.25) is 0 Å². The van der Waals surface area contributed by atoms with Gasteiger partial charge in [-0.15, -0.1) is 0 Å². The van der Waals surface area contributed by atoms with Gasteiger partial charge in [-0.3, -0.25) is 4.79 Å². The summed E-state index contributed by atoms with van der Waals surface area (Å²) in [7, 11) is 0. The van der Waals surface area contributed by atoms with Gasteiger partial charge in [-0.25, -0.2) is 0 Å². The number of fused-ring (bicyclic) bond motifs is 2. The number of ether oxygens (including phenoxy) is 1. The molecule has 1 N–H and O–H groups in total. The van der Waals surface area contributed by atoms with Crippen molar-refractivity contribution in [2.45, 2.75) is 53.4 Å². The Hall–Kier alpha value is -1.16. The first-order valence-electron chi connectivity index (χ1n) is 10.3. The molecule has 4 aliphatic carbocycles. The Morgan fingerprint density at radius 1 is 1.38 bits per heavy atom. The predicted octanol–water partition coefficient (Wildman–Crippen LogP) is 3.38. The lowest BCUT2D eigenvalue weighted by molar-refractivity contribution is -0.189. The maximum atomic E-state index is 13.6. The minimum Gasteiger partial charge on any atom is -0.465 e. The molecule has 3 saturated carbocycles. The molecule has 0 radical (unpaired) electrons. The zero-order valence-electron chi connectivity index (χ0n) is 16.5. The normalized spacial score (nSPS) is 48.5. The van der Waals surface area contributed by atoms with Crippen LogP contribution in [0.3, 0.4) is 0 Å². The molecule has 0 saturated heterocycles. The van der Waals surface area contributed by atoms with E-state index in [-0.39, 0.29) is 30.3 Å². The predicted molar refractivity (Wildman–Crippen MR) is 98.1 cm³/mol. The van der Waals surface area contributed by atoms with Crippen LogP contribution in [0.5, 0.6) is 0 Å². The first-order chi connectivity index (χ1) is 12.4. The van der Waals surface area contributed by atoms with E-state index in [0.29, 0.717) is 24.9 Å². The van der Waals surface area contributed by atoms with E-state index < -0.39 is 16.2 Å². The number of allylic oxidation sites excluding steroid dienone is 1. The van der Waals surface area contributed by atoms with Gasteiger partial charge in [0.05, 0.1) is 18.6 Å². The van der Waals surface area contributed by atoms with Crippen LogP contribution in [-0.4, -0.2) is 30.6 Å². The lowest BCUT2D eigenvalue weighted by atomic mass is 9.43. The van der Waals surface area contributed by atoms with Gasteiger partial charge in [-0.05, 0) is 55.8 Å². The van der Waals surface area contributed by atoms with Crippen LogP contribution in [0.1, 0.15) is 53.4 Å². The molecule has 4 rings (SSSR count). The molecular formula is C22H32O4. The Morgan fingerprint density at radius 2 is 2.12 bits per heavy atom. The quantitative estimate of drug-likeness (QED) is 0.464. The maximum Gasteiger partial charge on any atom is 0.317 e. The highest BCUT2D eigenvalue weighted by Gasteiger charge is 2.84. The third kappa shape index (κ3) is 1.67. The third-order valence-corrected chi connectivity index (χ3v) is 8.66. The molecule has 0 heterocycles. The van der Waals surface area contributed by atoms with E-state index in [4.69, 9.17) is 4.74 Å². The van der Waals surface area contributed by atoms with Crippen LogP contribution < -0.4 is 0 Å². The molecule has 4 heteroatoms. The summed E-state index contributed by atoms with van der Waals surface area (Å²) in [5.74, 6) is 1.18. The molecule has 4 nitrogen and oxygen atoms in total. The summed E-state index contributed by atoms with van der Waals surface area (Å²) in [6.07, 6.45) is 6.98. The Kier molecular flexibility index (Phi) is 3.97. The fraction of sp³-hybridized carbons (Fsp3) is 0.818. The van der Waals surface area contributed by atoms with Gasteiger partial charge in [0.25, 0.3) is 0 Å². The number of carbonyl (C=O) groups is 2. The summed E-state index contributed by atoms with van der Waals surface area (Å²) in [4.78, 5) is 26.4. The van der Waals surface area contributed by atoms with Crippen LogP contribution >= 0.6 is 0 Å². The zero-order chi connectivity index (χ0) is 18.9. The monoisotopic (exact) mass is 360 g/mol. The van der Waals surface area contributed by atoms with Crippen LogP contribution in [-0.2, 0) is 14.3 Å². The van der Waals surface area contributed by atoms with Gasteiger partial charge < -0.3 is 14.6 Å². The molecule has 7 atom stereocenters. The Bertz CT molecular complexity index is 667. The van der Waals surface area contributed by atoms with E-state index >= 15 is 0 Å². The van der Waals surface area contributed by atoms with Gasteiger partial charge in [0.2, 0.25) is 0 Å². The number of hydrogen-bond acceptors (Lipinski definition) is 4. The Labute approximate surface area is 156 Å². The van der Waals surface area contributed by atoms with Gasteiger partial charge in [0.15, 0.2) is 0 Å². The largest absolute Gasteiger partial charge is 0.465 e. The van der Waals surface area contributed by atoms with Crippen molar-refractivity contribution >= 4 is 12.3 Å². The van der Waals surface area contributed by atoms with Crippen molar-refractivity contribution in [2.24, 2.45) is 45.8 Å². The smallest absolute Gasteiger partial charge is 0.317 e. The summed E-state index contributed by atoms with van der Waals surface area (Å²) in [5.41, 5.74) is -1.21.